The Kier molecular flexibility index (Phi) is 4.07. The first kappa shape index (κ1) is 14.2. The molecule has 0 aliphatic rings. The molecule has 0 atom stereocenters. The van der Waals surface area contributed by atoms with Gasteiger partial charge in [0.05, 0.1) is 10.6 Å². The molecular weight excluding hydrogens is 306 g/mol. The van der Waals surface area contributed by atoms with Crippen molar-refractivity contribution in [2.24, 2.45) is 0 Å². The van der Waals surface area contributed by atoms with E-state index in [1.54, 1.807) is 0 Å². The van der Waals surface area contributed by atoms with Crippen LogP contribution in [0.25, 0.3) is 0 Å². The molecule has 0 aromatic carbocycles. The van der Waals surface area contributed by atoms with E-state index < -0.39 is 10.0 Å². The van der Waals surface area contributed by atoms with Crippen LogP contribution in [0.3, 0.4) is 0 Å². The Hall–Kier alpha value is -1.18. The molecule has 0 spiro atoms. The Morgan fingerprint density at radius 3 is 2.74 bits per heavy atom. The van der Waals surface area contributed by atoms with Crippen LogP contribution in [0.15, 0.2) is 28.6 Å². The third-order valence-corrected chi connectivity index (χ3v) is 4.79. The van der Waals surface area contributed by atoms with Crippen LogP contribution in [0.5, 0.6) is 0 Å². The molecular formula is C11H12ClN3O2S2. The molecule has 8 heteroatoms. The summed E-state index contributed by atoms with van der Waals surface area (Å²) in [4.78, 5) is 8.03. The number of hydrogen-bond donors (Lipinski definition) is 1. The Morgan fingerprint density at radius 2 is 2.16 bits per heavy atom. The number of anilines is 1. The lowest BCUT2D eigenvalue weighted by molar-refractivity contribution is 0.601. The van der Waals surface area contributed by atoms with Crippen LogP contribution in [0.2, 0.25) is 5.15 Å². The molecule has 2 rings (SSSR count). The topological polar surface area (TPSA) is 72.0 Å². The molecule has 0 unspecified atom stereocenters. The second-order valence-corrected chi connectivity index (χ2v) is 7.08. The Balaban J connectivity index is 2.26. The van der Waals surface area contributed by atoms with Gasteiger partial charge < -0.3 is 0 Å². The average Bonchev–Trinajstić information content (AvgIpc) is 2.77. The fraction of sp³-hybridized carbons (Fsp3) is 0.273. The van der Waals surface area contributed by atoms with Crippen molar-refractivity contribution in [3.63, 3.8) is 0 Å². The Bertz CT molecular complexity index is 683. The molecule has 0 fully saturated rings. The molecule has 0 bridgehead atoms. The van der Waals surface area contributed by atoms with Crippen molar-refractivity contribution in [1.29, 1.82) is 0 Å². The first-order valence-corrected chi connectivity index (χ1v) is 8.22. The minimum atomic E-state index is -3.67. The highest BCUT2D eigenvalue weighted by Crippen LogP contribution is 2.24. The summed E-state index contributed by atoms with van der Waals surface area (Å²) in [5, 5.41) is 2.31. The summed E-state index contributed by atoms with van der Waals surface area (Å²) in [7, 11) is -3.67. The lowest BCUT2D eigenvalue weighted by atomic mass is 10.2. The number of aromatic nitrogens is 2. The van der Waals surface area contributed by atoms with Gasteiger partial charge in [-0.05, 0) is 18.1 Å². The Labute approximate surface area is 120 Å². The number of hydrogen-bond acceptors (Lipinski definition) is 5. The molecule has 2 heterocycles. The van der Waals surface area contributed by atoms with E-state index in [2.05, 4.69) is 14.7 Å². The fourth-order valence-electron chi connectivity index (χ4n) is 1.32. The quantitative estimate of drug-likeness (QED) is 0.879. The SMILES string of the molecule is CC(C)c1csc(NS(=O)(=O)c2ccnc(Cl)c2)n1. The number of rotatable bonds is 4. The molecule has 19 heavy (non-hydrogen) atoms. The van der Waals surface area contributed by atoms with Crippen molar-refractivity contribution in [2.75, 3.05) is 4.72 Å². The first-order valence-electron chi connectivity index (χ1n) is 5.48. The van der Waals surface area contributed by atoms with Crippen molar-refractivity contribution in [1.82, 2.24) is 9.97 Å². The summed E-state index contributed by atoms with van der Waals surface area (Å²) >= 11 is 6.94. The van der Waals surface area contributed by atoms with Gasteiger partial charge >= 0.3 is 0 Å². The number of halogens is 1. The predicted molar refractivity (Wildman–Crippen MR) is 76.3 cm³/mol. The summed E-state index contributed by atoms with van der Waals surface area (Å²) in [6.45, 7) is 3.99. The average molecular weight is 318 g/mol. The van der Waals surface area contributed by atoms with E-state index >= 15 is 0 Å². The van der Waals surface area contributed by atoms with Gasteiger partial charge in [0.1, 0.15) is 5.15 Å². The van der Waals surface area contributed by atoms with Gasteiger partial charge in [0.15, 0.2) is 5.13 Å². The second kappa shape index (κ2) is 5.44. The molecule has 2 aromatic heterocycles. The standard InChI is InChI=1S/C11H12ClN3O2S2/c1-7(2)9-6-18-11(14-9)15-19(16,17)8-3-4-13-10(12)5-8/h3-7H,1-2H3,(H,14,15). The van der Waals surface area contributed by atoms with Gasteiger partial charge in [-0.2, -0.15) is 0 Å². The van der Waals surface area contributed by atoms with Crippen LogP contribution in [0.1, 0.15) is 25.5 Å². The van der Waals surface area contributed by atoms with E-state index in [4.69, 9.17) is 11.6 Å². The van der Waals surface area contributed by atoms with Crippen LogP contribution in [0.4, 0.5) is 5.13 Å². The van der Waals surface area contributed by atoms with Crippen LogP contribution < -0.4 is 4.72 Å². The maximum Gasteiger partial charge on any atom is 0.263 e. The lowest BCUT2D eigenvalue weighted by Crippen LogP contribution is -2.13. The zero-order valence-corrected chi connectivity index (χ0v) is 12.7. The molecule has 0 aliphatic carbocycles. The molecule has 0 amide bonds. The maximum atomic E-state index is 12.1. The van der Waals surface area contributed by atoms with Gasteiger partial charge in [-0.15, -0.1) is 11.3 Å². The maximum absolute atomic E-state index is 12.1. The zero-order chi connectivity index (χ0) is 14.0. The van der Waals surface area contributed by atoms with Crippen molar-refractivity contribution in [3.8, 4) is 0 Å². The minimum Gasteiger partial charge on any atom is -0.255 e. The number of nitrogens with zero attached hydrogens (tertiary/aromatic N) is 2. The van der Waals surface area contributed by atoms with Crippen molar-refractivity contribution in [2.45, 2.75) is 24.7 Å². The highest BCUT2D eigenvalue weighted by Gasteiger charge is 2.17. The van der Waals surface area contributed by atoms with Crippen LogP contribution in [-0.4, -0.2) is 18.4 Å². The molecule has 5 nitrogen and oxygen atoms in total. The number of nitrogens with one attached hydrogen (secondary N) is 1. The second-order valence-electron chi connectivity index (χ2n) is 4.15. The van der Waals surface area contributed by atoms with Gasteiger partial charge in [-0.3, -0.25) is 4.72 Å². The van der Waals surface area contributed by atoms with E-state index in [0.717, 1.165) is 5.69 Å². The van der Waals surface area contributed by atoms with E-state index in [1.807, 2.05) is 19.2 Å². The van der Waals surface area contributed by atoms with E-state index in [1.165, 1.54) is 29.7 Å². The highest BCUT2D eigenvalue weighted by molar-refractivity contribution is 7.93. The van der Waals surface area contributed by atoms with Gasteiger partial charge in [-0.25, -0.2) is 18.4 Å². The molecule has 0 aliphatic heterocycles. The van der Waals surface area contributed by atoms with Crippen LogP contribution >= 0.6 is 22.9 Å². The lowest BCUT2D eigenvalue weighted by Gasteiger charge is -2.05. The van der Waals surface area contributed by atoms with Gasteiger partial charge in [-0.1, -0.05) is 25.4 Å². The molecule has 0 saturated carbocycles. The van der Waals surface area contributed by atoms with Crippen LogP contribution in [-0.2, 0) is 10.0 Å². The molecule has 102 valence electrons. The zero-order valence-electron chi connectivity index (χ0n) is 10.3. The van der Waals surface area contributed by atoms with Crippen molar-refractivity contribution < 1.29 is 8.42 Å². The van der Waals surface area contributed by atoms with Crippen molar-refractivity contribution >= 4 is 38.1 Å². The summed E-state index contributed by atoms with van der Waals surface area (Å²) in [6, 6.07) is 2.67. The number of pyridine rings is 1. The summed E-state index contributed by atoms with van der Waals surface area (Å²) in [5.41, 5.74) is 0.857. The van der Waals surface area contributed by atoms with E-state index in [9.17, 15) is 8.42 Å². The van der Waals surface area contributed by atoms with Crippen LogP contribution in [0, 0.1) is 0 Å². The highest BCUT2D eigenvalue weighted by atomic mass is 35.5. The summed E-state index contributed by atoms with van der Waals surface area (Å²) in [6.07, 6.45) is 1.35. The van der Waals surface area contributed by atoms with Crippen molar-refractivity contribution in [3.05, 3.63) is 34.6 Å². The van der Waals surface area contributed by atoms with Gasteiger partial charge in [0, 0.05) is 11.6 Å². The molecule has 2 aromatic rings. The Morgan fingerprint density at radius 1 is 1.42 bits per heavy atom. The summed E-state index contributed by atoms with van der Waals surface area (Å²) in [5.74, 6) is 0.255. The normalized spacial score (nSPS) is 11.8. The third kappa shape index (κ3) is 3.43. The number of sulfonamides is 1. The van der Waals surface area contributed by atoms with E-state index in [-0.39, 0.29) is 16.0 Å². The largest absolute Gasteiger partial charge is 0.263 e. The third-order valence-electron chi connectivity index (χ3n) is 2.34. The molecule has 0 radical (unpaired) electrons. The fourth-order valence-corrected chi connectivity index (χ4v) is 3.70. The first-order chi connectivity index (χ1) is 8.88. The number of thiazole rings is 1. The minimum absolute atomic E-state index is 0.0637. The van der Waals surface area contributed by atoms with E-state index in [0.29, 0.717) is 5.13 Å². The smallest absolute Gasteiger partial charge is 0.255 e. The molecule has 1 N–H and O–H groups in total. The monoisotopic (exact) mass is 317 g/mol. The molecule has 0 saturated heterocycles. The van der Waals surface area contributed by atoms with Gasteiger partial charge in [0.2, 0.25) is 0 Å². The van der Waals surface area contributed by atoms with Gasteiger partial charge in [0.25, 0.3) is 10.0 Å². The predicted octanol–water partition coefficient (Wildman–Crippen LogP) is 3.12. The summed E-state index contributed by atoms with van der Waals surface area (Å²) < 4.78 is 26.6.